The fourth-order valence-corrected chi connectivity index (χ4v) is 1.36. The Bertz CT molecular complexity index is 443. The monoisotopic (exact) mass is 306 g/mol. The van der Waals surface area contributed by atoms with Crippen molar-refractivity contribution in [2.75, 3.05) is 0 Å². The summed E-state index contributed by atoms with van der Waals surface area (Å²) in [7, 11) is 0. The molecular formula is C13H12ClNY-2. The molecule has 0 saturated heterocycles. The minimum Gasteiger partial charge on any atom is -0.364 e. The maximum Gasteiger partial charge on any atom is 0.0177 e. The number of pyridine rings is 1. The summed E-state index contributed by atoms with van der Waals surface area (Å²) in [6, 6.07) is 14.9. The fourth-order valence-electron chi connectivity index (χ4n) is 1.21. The predicted molar refractivity (Wildman–Crippen MR) is 64.7 cm³/mol. The first-order valence-electron chi connectivity index (χ1n) is 4.37. The summed E-state index contributed by atoms with van der Waals surface area (Å²) in [5.74, 6) is 0. The molecule has 0 aliphatic rings. The standard InChI is InChI=1S/C12H9ClN.CH3.Y/c1-9-7-8-11(14-12(9)13)10-5-3-2-4-6-10;;/h2-6,8H,1H3;1H3;/q2*-1;. The van der Waals surface area contributed by atoms with Crippen LogP contribution in [0, 0.1) is 20.4 Å². The SMILES string of the molecule is Cc1[c-]cc(-c2ccccc2)nc1Cl.[CH3-].[Y]. The van der Waals surface area contributed by atoms with Crippen molar-refractivity contribution >= 4 is 11.6 Å². The molecule has 0 saturated carbocycles. The van der Waals surface area contributed by atoms with Crippen LogP contribution in [-0.4, -0.2) is 4.98 Å². The van der Waals surface area contributed by atoms with Gasteiger partial charge in [-0.15, -0.1) is 17.2 Å². The summed E-state index contributed by atoms with van der Waals surface area (Å²) in [6.45, 7) is 1.89. The van der Waals surface area contributed by atoms with Gasteiger partial charge in [0.25, 0.3) is 0 Å². The van der Waals surface area contributed by atoms with Crippen LogP contribution >= 0.6 is 11.6 Å². The van der Waals surface area contributed by atoms with Gasteiger partial charge in [-0.1, -0.05) is 42.8 Å². The van der Waals surface area contributed by atoms with E-state index in [0.29, 0.717) is 5.15 Å². The second-order valence-corrected chi connectivity index (χ2v) is 3.43. The van der Waals surface area contributed by atoms with E-state index in [1.54, 1.807) is 0 Å². The van der Waals surface area contributed by atoms with Crippen LogP contribution in [0.2, 0.25) is 5.15 Å². The first-order valence-corrected chi connectivity index (χ1v) is 4.75. The molecule has 0 aliphatic carbocycles. The molecule has 0 fully saturated rings. The van der Waals surface area contributed by atoms with Crippen molar-refractivity contribution in [2.24, 2.45) is 0 Å². The van der Waals surface area contributed by atoms with Gasteiger partial charge in [0.2, 0.25) is 0 Å². The van der Waals surface area contributed by atoms with Crippen LogP contribution in [0.1, 0.15) is 5.56 Å². The maximum atomic E-state index is 5.92. The van der Waals surface area contributed by atoms with E-state index in [1.807, 2.05) is 43.3 Å². The second-order valence-electron chi connectivity index (χ2n) is 3.07. The Hall–Kier alpha value is -0.236. The summed E-state index contributed by atoms with van der Waals surface area (Å²) in [6.07, 6.45) is 0. The molecule has 2 aromatic rings. The van der Waals surface area contributed by atoms with Gasteiger partial charge in [0.05, 0.1) is 0 Å². The normalized spacial score (nSPS) is 8.88. The van der Waals surface area contributed by atoms with Crippen LogP contribution in [0.3, 0.4) is 0 Å². The Kier molecular flexibility index (Phi) is 7.05. The minimum absolute atomic E-state index is 0. The Morgan fingerprint density at radius 2 is 1.81 bits per heavy atom. The Morgan fingerprint density at radius 1 is 1.19 bits per heavy atom. The topological polar surface area (TPSA) is 12.9 Å². The van der Waals surface area contributed by atoms with E-state index in [2.05, 4.69) is 11.1 Å². The van der Waals surface area contributed by atoms with Crippen LogP contribution in [0.5, 0.6) is 0 Å². The predicted octanol–water partition coefficient (Wildman–Crippen LogP) is 3.96. The number of rotatable bonds is 1. The third-order valence-electron chi connectivity index (χ3n) is 2.02. The third-order valence-corrected chi connectivity index (χ3v) is 2.39. The van der Waals surface area contributed by atoms with E-state index in [9.17, 15) is 0 Å². The van der Waals surface area contributed by atoms with Gasteiger partial charge in [0.15, 0.2) is 0 Å². The van der Waals surface area contributed by atoms with Gasteiger partial charge in [0.1, 0.15) is 0 Å². The zero-order valence-electron chi connectivity index (χ0n) is 9.37. The molecule has 0 spiro atoms. The molecule has 0 amide bonds. The molecule has 16 heavy (non-hydrogen) atoms. The average molecular weight is 307 g/mol. The van der Waals surface area contributed by atoms with Crippen molar-refractivity contribution in [3.05, 3.63) is 60.6 Å². The number of hydrogen-bond donors (Lipinski definition) is 0. The van der Waals surface area contributed by atoms with Gasteiger partial charge >= 0.3 is 0 Å². The quantitative estimate of drug-likeness (QED) is 0.574. The van der Waals surface area contributed by atoms with Crippen molar-refractivity contribution in [1.82, 2.24) is 4.98 Å². The smallest absolute Gasteiger partial charge is 0.0177 e. The minimum atomic E-state index is 0. The van der Waals surface area contributed by atoms with Crippen molar-refractivity contribution in [3.63, 3.8) is 0 Å². The van der Waals surface area contributed by atoms with E-state index >= 15 is 0 Å². The summed E-state index contributed by atoms with van der Waals surface area (Å²) in [5, 5.41) is 0.520. The second kappa shape index (κ2) is 7.16. The molecule has 3 heteroatoms. The van der Waals surface area contributed by atoms with Crippen molar-refractivity contribution in [3.8, 4) is 11.3 Å². The molecule has 0 aliphatic heterocycles. The molecule has 2 rings (SSSR count). The van der Waals surface area contributed by atoms with Crippen LogP contribution < -0.4 is 0 Å². The fraction of sp³-hybridized carbons (Fsp3) is 0.0769. The number of benzene rings is 1. The first kappa shape index (κ1) is 15.8. The summed E-state index contributed by atoms with van der Waals surface area (Å²) in [4.78, 5) is 4.28. The van der Waals surface area contributed by atoms with Crippen LogP contribution in [0.15, 0.2) is 36.4 Å². The van der Waals surface area contributed by atoms with Crippen LogP contribution in [0.25, 0.3) is 11.3 Å². The van der Waals surface area contributed by atoms with Crippen molar-refractivity contribution in [2.45, 2.75) is 6.92 Å². The molecule has 1 aromatic carbocycles. The van der Waals surface area contributed by atoms with Gasteiger partial charge < -0.3 is 12.4 Å². The number of nitrogens with zero attached hydrogens (tertiary/aromatic N) is 1. The molecule has 1 heterocycles. The molecule has 0 atom stereocenters. The Morgan fingerprint density at radius 3 is 2.38 bits per heavy atom. The molecule has 0 unspecified atom stereocenters. The van der Waals surface area contributed by atoms with E-state index in [1.165, 1.54) is 0 Å². The zero-order chi connectivity index (χ0) is 9.97. The van der Waals surface area contributed by atoms with E-state index < -0.39 is 0 Å². The Balaban J connectivity index is 0.00000112. The van der Waals surface area contributed by atoms with Crippen LogP contribution in [0.4, 0.5) is 0 Å². The van der Waals surface area contributed by atoms with Gasteiger partial charge in [-0.3, -0.25) is 0 Å². The van der Waals surface area contributed by atoms with E-state index in [4.69, 9.17) is 11.6 Å². The van der Waals surface area contributed by atoms with E-state index in [-0.39, 0.29) is 40.1 Å². The molecular weight excluding hydrogens is 295 g/mol. The zero-order valence-corrected chi connectivity index (χ0v) is 13.0. The summed E-state index contributed by atoms with van der Waals surface area (Å²) in [5.41, 5.74) is 2.80. The maximum absolute atomic E-state index is 5.92. The van der Waals surface area contributed by atoms with E-state index in [0.717, 1.165) is 16.8 Å². The summed E-state index contributed by atoms with van der Waals surface area (Å²) < 4.78 is 0. The molecule has 81 valence electrons. The molecule has 0 N–H and O–H groups in total. The van der Waals surface area contributed by atoms with Gasteiger partial charge in [-0.2, -0.15) is 12.1 Å². The van der Waals surface area contributed by atoms with Crippen LogP contribution in [-0.2, 0) is 32.7 Å². The molecule has 1 radical (unpaired) electrons. The third kappa shape index (κ3) is 3.66. The van der Waals surface area contributed by atoms with Gasteiger partial charge in [-0.25, -0.2) is 0 Å². The van der Waals surface area contributed by atoms with Gasteiger partial charge in [-0.05, 0) is 5.69 Å². The number of hydrogen-bond acceptors (Lipinski definition) is 1. The number of aromatic nitrogens is 1. The molecule has 1 nitrogen and oxygen atoms in total. The Labute approximate surface area is 127 Å². The summed E-state index contributed by atoms with van der Waals surface area (Å²) >= 11 is 5.92. The van der Waals surface area contributed by atoms with Crippen molar-refractivity contribution in [1.29, 1.82) is 0 Å². The average Bonchev–Trinajstić information content (AvgIpc) is 2.23. The first-order chi connectivity index (χ1) is 6.77. The van der Waals surface area contributed by atoms with Crippen molar-refractivity contribution < 1.29 is 32.7 Å². The molecule has 1 aromatic heterocycles. The largest absolute Gasteiger partial charge is 0.364 e. The number of aryl methyl sites for hydroxylation is 1. The number of halogens is 1. The molecule has 0 bridgehead atoms. The van der Waals surface area contributed by atoms with Gasteiger partial charge in [0, 0.05) is 37.9 Å².